The highest BCUT2D eigenvalue weighted by atomic mass is 35.5. The number of methoxy groups -OCH3 is 1. The quantitative estimate of drug-likeness (QED) is 0.827. The predicted molar refractivity (Wildman–Crippen MR) is 95.3 cm³/mol. The molecule has 24 heavy (non-hydrogen) atoms. The summed E-state index contributed by atoms with van der Waals surface area (Å²) in [5.74, 6) is 0.926. The Morgan fingerprint density at radius 2 is 1.96 bits per heavy atom. The van der Waals surface area contributed by atoms with Crippen molar-refractivity contribution >= 4 is 21.6 Å². The molecule has 0 amide bonds. The lowest BCUT2D eigenvalue weighted by Gasteiger charge is -2.18. The van der Waals surface area contributed by atoms with Gasteiger partial charge in [0, 0.05) is 19.0 Å². The lowest BCUT2D eigenvalue weighted by Crippen LogP contribution is -2.29. The van der Waals surface area contributed by atoms with Gasteiger partial charge in [-0.1, -0.05) is 35.9 Å². The normalized spacial score (nSPS) is 18.7. The molecular weight excluding hydrogens is 346 g/mol. The maximum atomic E-state index is 12.9. The smallest absolute Gasteiger partial charge is 0.244 e. The van der Waals surface area contributed by atoms with Gasteiger partial charge in [-0.3, -0.25) is 0 Å². The molecule has 0 spiro atoms. The van der Waals surface area contributed by atoms with Crippen LogP contribution in [0.5, 0.6) is 5.75 Å². The Balaban J connectivity index is 1.87. The molecule has 1 heterocycles. The highest BCUT2D eigenvalue weighted by Gasteiger charge is 2.35. The van der Waals surface area contributed by atoms with Crippen LogP contribution in [0.2, 0.25) is 5.02 Å². The molecule has 6 heteroatoms. The molecule has 2 aromatic carbocycles. The molecule has 0 aliphatic carbocycles. The van der Waals surface area contributed by atoms with E-state index in [-0.39, 0.29) is 15.8 Å². The number of benzene rings is 2. The van der Waals surface area contributed by atoms with Gasteiger partial charge in [0.1, 0.15) is 10.6 Å². The van der Waals surface area contributed by atoms with Crippen LogP contribution in [0, 0.1) is 6.92 Å². The van der Waals surface area contributed by atoms with Gasteiger partial charge in [-0.2, -0.15) is 4.31 Å². The summed E-state index contributed by atoms with van der Waals surface area (Å²) in [5.41, 5.74) is 1.99. The molecule has 0 aromatic heterocycles. The maximum absolute atomic E-state index is 12.9. The van der Waals surface area contributed by atoms with E-state index < -0.39 is 10.0 Å². The average Bonchev–Trinajstić information content (AvgIpc) is 3.05. The summed E-state index contributed by atoms with van der Waals surface area (Å²) >= 11 is 6.17. The van der Waals surface area contributed by atoms with E-state index in [9.17, 15) is 8.42 Å². The highest BCUT2D eigenvalue weighted by Crippen LogP contribution is 2.36. The van der Waals surface area contributed by atoms with Crippen LogP contribution in [-0.4, -0.2) is 32.9 Å². The van der Waals surface area contributed by atoms with E-state index >= 15 is 0 Å². The van der Waals surface area contributed by atoms with Gasteiger partial charge in [0.25, 0.3) is 0 Å². The number of nitrogens with zero attached hydrogens (tertiary/aromatic N) is 1. The molecule has 1 atom stereocenters. The molecule has 1 aliphatic heterocycles. The number of halogens is 1. The number of sulfonamides is 1. The first-order valence-electron chi connectivity index (χ1n) is 7.82. The van der Waals surface area contributed by atoms with E-state index in [1.807, 2.05) is 31.2 Å². The minimum atomic E-state index is -3.59. The number of aryl methyl sites for hydroxylation is 1. The van der Waals surface area contributed by atoms with Crippen molar-refractivity contribution in [1.82, 2.24) is 4.31 Å². The topological polar surface area (TPSA) is 46.6 Å². The number of hydrogen-bond donors (Lipinski definition) is 0. The van der Waals surface area contributed by atoms with Crippen LogP contribution in [0.3, 0.4) is 0 Å². The molecule has 3 rings (SSSR count). The van der Waals surface area contributed by atoms with Gasteiger partial charge < -0.3 is 4.74 Å². The number of rotatable bonds is 4. The van der Waals surface area contributed by atoms with Crippen molar-refractivity contribution < 1.29 is 13.2 Å². The number of ether oxygens (including phenoxy) is 1. The Morgan fingerprint density at radius 1 is 1.21 bits per heavy atom. The number of para-hydroxylation sites is 1. The van der Waals surface area contributed by atoms with Crippen molar-refractivity contribution in [3.8, 4) is 5.75 Å². The van der Waals surface area contributed by atoms with Gasteiger partial charge in [-0.05, 0) is 42.7 Å². The molecule has 4 nitrogen and oxygen atoms in total. The van der Waals surface area contributed by atoms with Crippen LogP contribution in [0.15, 0.2) is 47.4 Å². The molecule has 1 unspecified atom stereocenters. The molecule has 1 saturated heterocycles. The summed E-state index contributed by atoms with van der Waals surface area (Å²) in [6.45, 7) is 2.80. The third-order valence-corrected chi connectivity index (χ3v) is 6.78. The lowest BCUT2D eigenvalue weighted by atomic mass is 9.97. The zero-order valence-electron chi connectivity index (χ0n) is 13.7. The zero-order valence-corrected chi connectivity index (χ0v) is 15.3. The minimum absolute atomic E-state index is 0.125. The standard InChI is InChI=1S/C18H20ClNO3S/c1-13-7-8-18(16(19)11-13)24(21,22)20-10-9-14(12-20)15-5-3-4-6-17(15)23-2/h3-8,11,14H,9-10,12H2,1-2H3. The van der Waals surface area contributed by atoms with E-state index in [1.165, 1.54) is 4.31 Å². The largest absolute Gasteiger partial charge is 0.496 e. The second-order valence-corrected chi connectivity index (χ2v) is 8.34. The van der Waals surface area contributed by atoms with Crippen molar-refractivity contribution in [2.45, 2.75) is 24.2 Å². The van der Waals surface area contributed by atoms with Gasteiger partial charge in [-0.25, -0.2) is 8.42 Å². The Hall–Kier alpha value is -1.56. The van der Waals surface area contributed by atoms with E-state index in [0.29, 0.717) is 13.1 Å². The maximum Gasteiger partial charge on any atom is 0.244 e. The molecule has 0 N–H and O–H groups in total. The highest BCUT2D eigenvalue weighted by molar-refractivity contribution is 7.89. The van der Waals surface area contributed by atoms with Crippen LogP contribution in [0.1, 0.15) is 23.5 Å². The zero-order chi connectivity index (χ0) is 17.3. The summed E-state index contributed by atoms with van der Waals surface area (Å²) in [6.07, 6.45) is 0.767. The monoisotopic (exact) mass is 365 g/mol. The van der Waals surface area contributed by atoms with Crippen LogP contribution in [0.4, 0.5) is 0 Å². The fraction of sp³-hybridized carbons (Fsp3) is 0.333. The first-order valence-corrected chi connectivity index (χ1v) is 9.64. The van der Waals surface area contributed by atoms with Crippen LogP contribution < -0.4 is 4.74 Å². The summed E-state index contributed by atoms with van der Waals surface area (Å²) in [6, 6.07) is 12.8. The Morgan fingerprint density at radius 3 is 2.67 bits per heavy atom. The number of hydrogen-bond acceptors (Lipinski definition) is 3. The molecule has 1 aliphatic rings. The molecule has 0 saturated carbocycles. The fourth-order valence-corrected chi connectivity index (χ4v) is 5.23. The first-order chi connectivity index (χ1) is 11.4. The molecule has 1 fully saturated rings. The summed E-state index contributed by atoms with van der Waals surface area (Å²) in [4.78, 5) is 0.176. The molecule has 0 bridgehead atoms. The van der Waals surface area contributed by atoms with E-state index in [1.54, 1.807) is 25.3 Å². The van der Waals surface area contributed by atoms with Crippen molar-refractivity contribution in [1.29, 1.82) is 0 Å². The SMILES string of the molecule is COc1ccccc1C1CCN(S(=O)(=O)c2ccc(C)cc2Cl)C1. The third kappa shape index (κ3) is 3.16. The summed E-state index contributed by atoms with van der Waals surface area (Å²) in [7, 11) is -1.95. The Labute approximate surface area is 148 Å². The Bertz CT molecular complexity index is 851. The summed E-state index contributed by atoms with van der Waals surface area (Å²) in [5, 5.41) is 0.274. The van der Waals surface area contributed by atoms with Gasteiger partial charge >= 0.3 is 0 Å². The van der Waals surface area contributed by atoms with E-state index in [0.717, 1.165) is 23.3 Å². The molecular formula is C18H20ClNO3S. The third-order valence-electron chi connectivity index (χ3n) is 4.43. The van der Waals surface area contributed by atoms with E-state index in [4.69, 9.17) is 16.3 Å². The van der Waals surface area contributed by atoms with Gasteiger partial charge in [-0.15, -0.1) is 0 Å². The fourth-order valence-electron chi connectivity index (χ4n) is 3.16. The van der Waals surface area contributed by atoms with Crippen molar-refractivity contribution in [2.24, 2.45) is 0 Å². The predicted octanol–water partition coefficient (Wildman–Crippen LogP) is 3.84. The van der Waals surface area contributed by atoms with Gasteiger partial charge in [0.05, 0.1) is 12.1 Å². The van der Waals surface area contributed by atoms with Crippen molar-refractivity contribution in [3.63, 3.8) is 0 Å². The summed E-state index contributed by atoms with van der Waals surface area (Å²) < 4.78 is 32.7. The first kappa shape index (κ1) is 17.3. The Kier molecular flexibility index (Phi) is 4.85. The van der Waals surface area contributed by atoms with Crippen molar-refractivity contribution in [3.05, 3.63) is 58.6 Å². The van der Waals surface area contributed by atoms with Crippen LogP contribution in [0.25, 0.3) is 0 Å². The van der Waals surface area contributed by atoms with Crippen molar-refractivity contribution in [2.75, 3.05) is 20.2 Å². The van der Waals surface area contributed by atoms with Crippen LogP contribution in [-0.2, 0) is 10.0 Å². The molecule has 128 valence electrons. The molecule has 0 radical (unpaired) electrons. The van der Waals surface area contributed by atoms with E-state index in [2.05, 4.69) is 0 Å². The lowest BCUT2D eigenvalue weighted by molar-refractivity contribution is 0.405. The second kappa shape index (κ2) is 6.75. The molecule has 2 aromatic rings. The average molecular weight is 366 g/mol. The second-order valence-electron chi connectivity index (χ2n) is 6.02. The minimum Gasteiger partial charge on any atom is -0.496 e. The van der Waals surface area contributed by atoms with Gasteiger partial charge in [0.2, 0.25) is 10.0 Å². The van der Waals surface area contributed by atoms with Crippen LogP contribution >= 0.6 is 11.6 Å². The van der Waals surface area contributed by atoms with Gasteiger partial charge in [0.15, 0.2) is 0 Å².